The Morgan fingerprint density at radius 2 is 2.24 bits per heavy atom. The van der Waals surface area contributed by atoms with Gasteiger partial charge in [0.25, 0.3) is 0 Å². The van der Waals surface area contributed by atoms with Crippen LogP contribution in [0, 0.1) is 0 Å². The Hall–Kier alpha value is -0.320. The lowest BCUT2D eigenvalue weighted by atomic mass is 10.2. The topological polar surface area (TPSA) is 37.3 Å². The lowest BCUT2D eigenvalue weighted by molar-refractivity contribution is -0.116. The zero-order valence-electron chi connectivity index (χ0n) is 9.91. The fourth-order valence-corrected chi connectivity index (χ4v) is 2.90. The number of hydrogen-bond acceptors (Lipinski definition) is 3. The van der Waals surface area contributed by atoms with Gasteiger partial charge in [0.15, 0.2) is 0 Å². The van der Waals surface area contributed by atoms with E-state index in [9.17, 15) is 9.90 Å². The highest BCUT2D eigenvalue weighted by Crippen LogP contribution is 2.27. The maximum atomic E-state index is 11.6. The van der Waals surface area contributed by atoms with Crippen LogP contribution in [0.15, 0.2) is 27.6 Å². The molecule has 0 aliphatic heterocycles. The summed E-state index contributed by atoms with van der Waals surface area (Å²) in [7, 11) is 0. The van der Waals surface area contributed by atoms with Crippen LogP contribution in [0.1, 0.15) is 31.7 Å². The molecule has 0 aromatic heterocycles. The van der Waals surface area contributed by atoms with Crippen molar-refractivity contribution in [3.8, 4) is 0 Å². The van der Waals surface area contributed by atoms with Crippen molar-refractivity contribution in [2.45, 2.75) is 37.7 Å². The molecule has 0 amide bonds. The number of hydrogen-bond donors (Lipinski definition) is 1. The number of thioether (sulfide) groups is 1. The number of carbonyl (C=O) groups is 1. The fraction of sp³-hybridized carbons (Fsp3) is 0.462. The molecule has 0 heterocycles. The van der Waals surface area contributed by atoms with Crippen LogP contribution in [0.2, 0.25) is 0 Å². The van der Waals surface area contributed by atoms with Crippen LogP contribution in [-0.2, 0) is 11.4 Å². The average Bonchev–Trinajstić information content (AvgIpc) is 2.34. The molecule has 0 aliphatic carbocycles. The van der Waals surface area contributed by atoms with Crippen molar-refractivity contribution >= 4 is 33.5 Å². The van der Waals surface area contributed by atoms with Gasteiger partial charge in [0.2, 0.25) is 0 Å². The van der Waals surface area contributed by atoms with Crippen molar-refractivity contribution in [3.05, 3.63) is 28.2 Å². The Bertz CT molecular complexity index is 380. The van der Waals surface area contributed by atoms with Crippen LogP contribution in [-0.4, -0.2) is 16.6 Å². The molecule has 94 valence electrons. The van der Waals surface area contributed by atoms with Gasteiger partial charge in [-0.15, -0.1) is 11.8 Å². The standard InChI is InChI=1S/C13H17BrO2S/c1-2-3-4-12(16)9-17-13-7-11(14)6-5-10(13)8-15/h5-7,15H,2-4,8-9H2,1H3. The first kappa shape index (κ1) is 14.7. The number of unbranched alkanes of at least 4 members (excludes halogenated alkanes) is 1. The Kier molecular flexibility index (Phi) is 6.85. The van der Waals surface area contributed by atoms with Gasteiger partial charge in [0.05, 0.1) is 12.4 Å². The summed E-state index contributed by atoms with van der Waals surface area (Å²) >= 11 is 4.90. The Morgan fingerprint density at radius 3 is 2.88 bits per heavy atom. The Labute approximate surface area is 115 Å². The number of aliphatic hydroxyl groups is 1. The number of aliphatic hydroxyl groups excluding tert-OH is 1. The number of halogens is 1. The van der Waals surface area contributed by atoms with Gasteiger partial charge in [-0.3, -0.25) is 4.79 Å². The molecule has 0 bridgehead atoms. The average molecular weight is 317 g/mol. The fourth-order valence-electron chi connectivity index (χ4n) is 1.40. The zero-order valence-corrected chi connectivity index (χ0v) is 12.3. The summed E-state index contributed by atoms with van der Waals surface area (Å²) in [5.41, 5.74) is 0.876. The smallest absolute Gasteiger partial charge is 0.143 e. The molecule has 0 fully saturated rings. The predicted molar refractivity (Wildman–Crippen MR) is 75.3 cm³/mol. The lowest BCUT2D eigenvalue weighted by Crippen LogP contribution is -2.01. The molecule has 2 nitrogen and oxygen atoms in total. The minimum atomic E-state index is 0.0127. The lowest BCUT2D eigenvalue weighted by Gasteiger charge is -2.07. The first-order valence-electron chi connectivity index (χ1n) is 5.71. The van der Waals surface area contributed by atoms with Crippen LogP contribution in [0.4, 0.5) is 0 Å². The van der Waals surface area contributed by atoms with E-state index in [-0.39, 0.29) is 12.4 Å². The number of ketones is 1. The van der Waals surface area contributed by atoms with E-state index < -0.39 is 0 Å². The van der Waals surface area contributed by atoms with E-state index in [1.165, 1.54) is 11.8 Å². The summed E-state index contributed by atoms with van der Waals surface area (Å²) in [5, 5.41) is 9.20. The normalized spacial score (nSPS) is 10.5. The van der Waals surface area contributed by atoms with Crippen LogP contribution < -0.4 is 0 Å². The molecular weight excluding hydrogens is 300 g/mol. The molecule has 1 aromatic carbocycles. The van der Waals surface area contributed by atoms with Gasteiger partial charge < -0.3 is 5.11 Å². The highest BCUT2D eigenvalue weighted by atomic mass is 79.9. The molecule has 4 heteroatoms. The SMILES string of the molecule is CCCCC(=O)CSc1cc(Br)ccc1CO. The quantitative estimate of drug-likeness (QED) is 0.777. The number of Topliss-reactive ketones (excluding diaryl/α,β-unsaturated/α-hetero) is 1. The molecule has 0 spiro atoms. The first-order valence-corrected chi connectivity index (χ1v) is 7.49. The molecule has 17 heavy (non-hydrogen) atoms. The van der Waals surface area contributed by atoms with Crippen LogP contribution >= 0.6 is 27.7 Å². The molecule has 1 N–H and O–H groups in total. The van der Waals surface area contributed by atoms with Gasteiger partial charge in [-0.1, -0.05) is 35.3 Å². The second kappa shape index (κ2) is 7.90. The third kappa shape index (κ3) is 5.23. The molecule has 0 atom stereocenters. The third-order valence-electron chi connectivity index (χ3n) is 2.40. The van der Waals surface area contributed by atoms with Crippen molar-refractivity contribution < 1.29 is 9.90 Å². The molecule has 0 saturated heterocycles. The van der Waals surface area contributed by atoms with E-state index >= 15 is 0 Å². The molecule has 0 aliphatic rings. The van der Waals surface area contributed by atoms with Gasteiger partial charge in [0, 0.05) is 15.8 Å². The second-order valence-corrected chi connectivity index (χ2v) is 5.77. The molecule has 0 unspecified atom stereocenters. The number of benzene rings is 1. The van der Waals surface area contributed by atoms with Gasteiger partial charge in [-0.2, -0.15) is 0 Å². The summed E-state index contributed by atoms with van der Waals surface area (Å²) < 4.78 is 0.971. The summed E-state index contributed by atoms with van der Waals surface area (Å²) in [5.74, 6) is 0.768. The Balaban J connectivity index is 2.56. The summed E-state index contributed by atoms with van der Waals surface area (Å²) in [6.07, 6.45) is 2.67. The largest absolute Gasteiger partial charge is 0.392 e. The summed E-state index contributed by atoms with van der Waals surface area (Å²) in [4.78, 5) is 12.5. The van der Waals surface area contributed by atoms with Crippen molar-refractivity contribution in [1.82, 2.24) is 0 Å². The predicted octanol–water partition coefficient (Wildman–Crippen LogP) is 3.79. The van der Waals surface area contributed by atoms with Crippen molar-refractivity contribution in [3.63, 3.8) is 0 Å². The maximum Gasteiger partial charge on any atom is 0.143 e. The second-order valence-electron chi connectivity index (χ2n) is 3.84. The summed E-state index contributed by atoms with van der Waals surface area (Å²) in [6.45, 7) is 2.09. The van der Waals surface area contributed by atoms with Gasteiger partial charge in [-0.25, -0.2) is 0 Å². The zero-order chi connectivity index (χ0) is 12.7. The van der Waals surface area contributed by atoms with E-state index in [2.05, 4.69) is 22.9 Å². The van der Waals surface area contributed by atoms with Crippen LogP contribution in [0.25, 0.3) is 0 Å². The van der Waals surface area contributed by atoms with E-state index in [1.807, 2.05) is 18.2 Å². The number of carbonyl (C=O) groups excluding carboxylic acids is 1. The molecular formula is C13H17BrO2S. The highest BCUT2D eigenvalue weighted by molar-refractivity contribution is 9.10. The first-order chi connectivity index (χ1) is 8.17. The van der Waals surface area contributed by atoms with E-state index in [1.54, 1.807) is 0 Å². The van der Waals surface area contributed by atoms with Gasteiger partial charge in [-0.05, 0) is 24.1 Å². The van der Waals surface area contributed by atoms with Crippen molar-refractivity contribution in [2.75, 3.05) is 5.75 Å². The van der Waals surface area contributed by atoms with Crippen LogP contribution in [0.3, 0.4) is 0 Å². The Morgan fingerprint density at radius 1 is 1.47 bits per heavy atom. The minimum absolute atomic E-state index is 0.0127. The van der Waals surface area contributed by atoms with E-state index in [4.69, 9.17) is 0 Å². The molecule has 1 aromatic rings. The number of rotatable bonds is 7. The van der Waals surface area contributed by atoms with E-state index in [0.29, 0.717) is 12.2 Å². The van der Waals surface area contributed by atoms with E-state index in [0.717, 1.165) is 27.8 Å². The summed E-state index contributed by atoms with van der Waals surface area (Å²) in [6, 6.07) is 5.72. The molecule has 0 saturated carbocycles. The third-order valence-corrected chi connectivity index (χ3v) is 4.05. The van der Waals surface area contributed by atoms with Gasteiger partial charge in [0.1, 0.15) is 5.78 Å². The highest BCUT2D eigenvalue weighted by Gasteiger charge is 2.07. The minimum Gasteiger partial charge on any atom is -0.392 e. The maximum absolute atomic E-state index is 11.6. The molecule has 1 rings (SSSR count). The monoisotopic (exact) mass is 316 g/mol. The van der Waals surface area contributed by atoms with Crippen molar-refractivity contribution in [2.24, 2.45) is 0 Å². The van der Waals surface area contributed by atoms with Crippen molar-refractivity contribution in [1.29, 1.82) is 0 Å². The molecule has 0 radical (unpaired) electrons. The van der Waals surface area contributed by atoms with Gasteiger partial charge >= 0.3 is 0 Å². The van der Waals surface area contributed by atoms with Crippen LogP contribution in [0.5, 0.6) is 0 Å².